The third kappa shape index (κ3) is 3.74. The predicted molar refractivity (Wildman–Crippen MR) is 128 cm³/mol. The van der Waals surface area contributed by atoms with Crippen LogP contribution in [0.25, 0.3) is 0 Å². The van der Waals surface area contributed by atoms with Crippen LogP contribution in [0.15, 0.2) is 12.2 Å². The van der Waals surface area contributed by atoms with Gasteiger partial charge in [-0.2, -0.15) is 0 Å². The lowest BCUT2D eigenvalue weighted by Crippen LogP contribution is -2.54. The number of rotatable bonds is 5. The Kier molecular flexibility index (Phi) is 6.53. The second kappa shape index (κ2) is 8.57. The van der Waals surface area contributed by atoms with Crippen molar-refractivity contribution in [3.05, 3.63) is 12.2 Å². The van der Waals surface area contributed by atoms with Gasteiger partial charge in [-0.3, -0.25) is 0 Å². The molecule has 172 valence electrons. The van der Waals surface area contributed by atoms with Crippen LogP contribution in [0.4, 0.5) is 0 Å². The molecule has 0 aromatic heterocycles. The number of aliphatic hydroxyl groups excluding tert-OH is 1. The molecule has 0 radical (unpaired) electrons. The summed E-state index contributed by atoms with van der Waals surface area (Å²) in [4.78, 5) is 0. The van der Waals surface area contributed by atoms with Crippen LogP contribution < -0.4 is 0 Å². The van der Waals surface area contributed by atoms with Gasteiger partial charge in [-0.25, -0.2) is 0 Å². The molecule has 1 heteroatoms. The molecule has 1 unspecified atom stereocenters. The molecule has 4 saturated carbocycles. The van der Waals surface area contributed by atoms with Gasteiger partial charge in [-0.15, -0.1) is 0 Å². The van der Waals surface area contributed by atoms with Crippen LogP contribution in [0.2, 0.25) is 0 Å². The molecule has 0 aliphatic heterocycles. The van der Waals surface area contributed by atoms with Crippen LogP contribution in [-0.2, 0) is 0 Å². The van der Waals surface area contributed by atoms with Crippen molar-refractivity contribution in [2.75, 3.05) is 0 Å². The summed E-state index contributed by atoms with van der Waals surface area (Å²) in [6.45, 7) is 14.9. The second-order valence-electron chi connectivity index (χ2n) is 12.9. The summed E-state index contributed by atoms with van der Waals surface area (Å²) in [5.41, 5.74) is 1.07. The highest BCUT2D eigenvalue weighted by atomic mass is 16.3. The quantitative estimate of drug-likeness (QED) is 0.454. The summed E-state index contributed by atoms with van der Waals surface area (Å²) in [5.74, 6) is 6.72. The van der Waals surface area contributed by atoms with Crippen LogP contribution in [0.3, 0.4) is 0 Å². The molecule has 4 fully saturated rings. The Morgan fingerprint density at radius 1 is 0.867 bits per heavy atom. The zero-order chi connectivity index (χ0) is 21.7. The van der Waals surface area contributed by atoms with Crippen LogP contribution in [0.1, 0.15) is 106 Å². The van der Waals surface area contributed by atoms with E-state index in [2.05, 4.69) is 53.7 Å². The number of aliphatic hydroxyl groups is 1. The molecule has 0 aromatic rings. The minimum absolute atomic E-state index is 0.0187. The van der Waals surface area contributed by atoms with Gasteiger partial charge in [-0.05, 0) is 122 Å². The van der Waals surface area contributed by atoms with E-state index < -0.39 is 0 Å². The fraction of sp³-hybridized carbons (Fsp3) is 0.931. The van der Waals surface area contributed by atoms with Crippen molar-refractivity contribution in [2.24, 2.45) is 58.2 Å². The minimum Gasteiger partial charge on any atom is -0.393 e. The molecular weight excluding hydrogens is 364 g/mol. The van der Waals surface area contributed by atoms with Crippen molar-refractivity contribution >= 4 is 0 Å². The van der Waals surface area contributed by atoms with Crippen LogP contribution >= 0.6 is 0 Å². The molecule has 30 heavy (non-hydrogen) atoms. The zero-order valence-corrected chi connectivity index (χ0v) is 20.9. The summed E-state index contributed by atoms with van der Waals surface area (Å²) in [5, 5.41) is 10.3. The van der Waals surface area contributed by atoms with Gasteiger partial charge in [0, 0.05) is 0 Å². The van der Waals surface area contributed by atoms with E-state index in [1.807, 2.05) is 0 Å². The molecule has 1 N–H and O–H groups in total. The summed E-state index contributed by atoms with van der Waals surface area (Å²) in [6.07, 6.45) is 18.5. The first-order valence-corrected chi connectivity index (χ1v) is 13.6. The van der Waals surface area contributed by atoms with Crippen LogP contribution in [0.5, 0.6) is 0 Å². The topological polar surface area (TPSA) is 20.2 Å². The summed E-state index contributed by atoms with van der Waals surface area (Å²) in [6, 6.07) is 0. The Labute approximate surface area is 187 Å². The first-order chi connectivity index (χ1) is 14.2. The highest BCUT2D eigenvalue weighted by Gasteiger charge is 2.60. The van der Waals surface area contributed by atoms with E-state index in [1.54, 1.807) is 0 Å². The molecular formula is C29H50O. The number of fused-ring (bicyclic) bond motifs is 5. The lowest BCUT2D eigenvalue weighted by molar-refractivity contribution is -0.128. The molecule has 4 aliphatic rings. The number of allylic oxidation sites excluding steroid dienone is 2. The van der Waals surface area contributed by atoms with Crippen molar-refractivity contribution in [3.8, 4) is 0 Å². The largest absolute Gasteiger partial charge is 0.393 e. The number of hydrogen-bond donors (Lipinski definition) is 1. The maximum absolute atomic E-state index is 10.3. The van der Waals surface area contributed by atoms with Crippen molar-refractivity contribution in [1.29, 1.82) is 0 Å². The normalized spacial score (nSPS) is 48.3. The maximum Gasteiger partial charge on any atom is 0.0543 e. The van der Waals surface area contributed by atoms with E-state index in [9.17, 15) is 5.11 Å². The van der Waals surface area contributed by atoms with Crippen molar-refractivity contribution in [3.63, 3.8) is 0 Å². The van der Waals surface area contributed by atoms with E-state index in [0.717, 1.165) is 60.2 Å². The molecule has 0 spiro atoms. The zero-order valence-electron chi connectivity index (χ0n) is 20.9. The van der Waals surface area contributed by atoms with E-state index in [0.29, 0.717) is 10.8 Å². The molecule has 0 amide bonds. The van der Waals surface area contributed by atoms with Gasteiger partial charge in [0.15, 0.2) is 0 Å². The SMILES string of the molecule is CCC(C=C[C@@H](C)[C@H]1CC[C@H]2[C@@H]3CC[C@H]4C[C@@H](O)CC[C@]4(C)[C@H]3CC[C@]12C)C(C)C. The lowest BCUT2D eigenvalue weighted by atomic mass is 9.44. The predicted octanol–water partition coefficient (Wildman–Crippen LogP) is 7.88. The molecule has 0 heterocycles. The summed E-state index contributed by atoms with van der Waals surface area (Å²) >= 11 is 0. The summed E-state index contributed by atoms with van der Waals surface area (Å²) < 4.78 is 0. The fourth-order valence-corrected chi connectivity index (χ4v) is 9.42. The van der Waals surface area contributed by atoms with E-state index in [4.69, 9.17) is 0 Å². The van der Waals surface area contributed by atoms with Crippen molar-refractivity contribution in [1.82, 2.24) is 0 Å². The molecule has 0 bridgehead atoms. The Morgan fingerprint density at radius 2 is 1.57 bits per heavy atom. The minimum atomic E-state index is -0.0187. The summed E-state index contributed by atoms with van der Waals surface area (Å²) in [7, 11) is 0. The molecule has 0 aromatic carbocycles. The van der Waals surface area contributed by atoms with E-state index >= 15 is 0 Å². The third-order valence-electron chi connectivity index (χ3n) is 11.3. The Balaban J connectivity index is 1.49. The van der Waals surface area contributed by atoms with Gasteiger partial charge in [0.1, 0.15) is 0 Å². The Morgan fingerprint density at radius 3 is 2.27 bits per heavy atom. The van der Waals surface area contributed by atoms with Gasteiger partial charge in [0.05, 0.1) is 6.10 Å². The van der Waals surface area contributed by atoms with Crippen molar-refractivity contribution in [2.45, 2.75) is 112 Å². The van der Waals surface area contributed by atoms with Gasteiger partial charge < -0.3 is 5.11 Å². The highest BCUT2D eigenvalue weighted by molar-refractivity contribution is 5.11. The molecule has 4 aliphatic carbocycles. The van der Waals surface area contributed by atoms with Crippen LogP contribution in [0, 0.1) is 58.2 Å². The second-order valence-corrected chi connectivity index (χ2v) is 12.9. The van der Waals surface area contributed by atoms with Crippen molar-refractivity contribution < 1.29 is 5.11 Å². The monoisotopic (exact) mass is 414 g/mol. The lowest BCUT2D eigenvalue weighted by Gasteiger charge is -2.61. The van der Waals surface area contributed by atoms with E-state index in [-0.39, 0.29) is 6.10 Å². The van der Waals surface area contributed by atoms with Gasteiger partial charge in [0.2, 0.25) is 0 Å². The van der Waals surface area contributed by atoms with Crippen LogP contribution in [-0.4, -0.2) is 11.2 Å². The molecule has 10 atom stereocenters. The highest BCUT2D eigenvalue weighted by Crippen LogP contribution is 2.68. The first kappa shape index (κ1) is 22.9. The average molecular weight is 415 g/mol. The standard InChI is InChI=1S/C29H50O/c1-7-21(19(2)3)9-8-20(4)25-12-13-26-24-11-10-22-18-23(30)14-16-28(22,5)27(24)15-17-29(25,26)6/h8-9,19-27,30H,7,10-18H2,1-6H3/t20-,21?,22+,23+,24+,25-,26+,27+,28+,29-/m1/s1. The third-order valence-corrected chi connectivity index (χ3v) is 11.3. The first-order valence-electron chi connectivity index (χ1n) is 13.6. The molecule has 4 rings (SSSR count). The van der Waals surface area contributed by atoms with Gasteiger partial charge >= 0.3 is 0 Å². The van der Waals surface area contributed by atoms with E-state index in [1.165, 1.54) is 51.4 Å². The Bertz CT molecular complexity index is 622. The fourth-order valence-electron chi connectivity index (χ4n) is 9.42. The average Bonchev–Trinajstić information content (AvgIpc) is 3.06. The van der Waals surface area contributed by atoms with Gasteiger partial charge in [-0.1, -0.05) is 53.7 Å². The smallest absolute Gasteiger partial charge is 0.0543 e. The molecule has 1 nitrogen and oxygen atoms in total. The Hall–Kier alpha value is -0.300. The number of hydrogen-bond acceptors (Lipinski definition) is 1. The molecule has 0 saturated heterocycles. The maximum atomic E-state index is 10.3. The van der Waals surface area contributed by atoms with Gasteiger partial charge in [0.25, 0.3) is 0 Å².